The molecule has 3 nitrogen and oxygen atoms in total. The van der Waals surface area contributed by atoms with E-state index >= 15 is 0 Å². The molecule has 1 aliphatic rings. The van der Waals surface area contributed by atoms with Gasteiger partial charge >= 0.3 is 0 Å². The summed E-state index contributed by atoms with van der Waals surface area (Å²) in [7, 11) is 0. The van der Waals surface area contributed by atoms with Crippen molar-refractivity contribution < 1.29 is 9.53 Å². The Bertz CT molecular complexity index is 441. The number of ether oxygens (including phenoxy) is 1. The zero-order valence-electron chi connectivity index (χ0n) is 12.1. The third-order valence-corrected chi connectivity index (χ3v) is 3.73. The molecule has 2 rings (SSSR count). The summed E-state index contributed by atoms with van der Waals surface area (Å²) in [6.45, 7) is 7.32. The molecule has 0 heterocycles. The summed E-state index contributed by atoms with van der Waals surface area (Å²) in [4.78, 5) is 11.6. The Morgan fingerprint density at radius 2 is 1.89 bits per heavy atom. The molecule has 0 spiro atoms. The quantitative estimate of drug-likeness (QED) is 0.828. The van der Waals surface area contributed by atoms with E-state index in [0.29, 0.717) is 13.2 Å². The van der Waals surface area contributed by atoms with Crippen molar-refractivity contribution in [2.24, 2.45) is 5.92 Å². The van der Waals surface area contributed by atoms with Gasteiger partial charge in [-0.1, -0.05) is 24.1 Å². The lowest BCUT2D eigenvalue weighted by Gasteiger charge is -2.24. The van der Waals surface area contributed by atoms with Crippen molar-refractivity contribution in [3.8, 4) is 5.75 Å². The number of aryl methyl sites for hydroxylation is 3. The fourth-order valence-electron chi connectivity index (χ4n) is 2.54. The summed E-state index contributed by atoms with van der Waals surface area (Å²) in [5.74, 6) is 1.39. The van der Waals surface area contributed by atoms with Gasteiger partial charge in [0.25, 0.3) is 0 Å². The highest BCUT2D eigenvalue weighted by atomic mass is 16.5. The van der Waals surface area contributed by atoms with Gasteiger partial charge in [-0.05, 0) is 44.7 Å². The van der Waals surface area contributed by atoms with Gasteiger partial charge in [0.1, 0.15) is 12.4 Å². The predicted octanol–water partition coefficient (Wildman–Crippen LogP) is 2.91. The molecule has 0 aromatic heterocycles. The molecule has 1 aromatic carbocycles. The zero-order valence-corrected chi connectivity index (χ0v) is 12.1. The highest BCUT2D eigenvalue weighted by Gasteiger charge is 2.24. The SMILES string of the molecule is Cc1cc(C)c(OCCNC(=O)C2CCC2)c(C)c1. The molecule has 0 unspecified atom stereocenters. The normalized spacial score (nSPS) is 14.9. The van der Waals surface area contributed by atoms with Crippen molar-refractivity contribution in [3.63, 3.8) is 0 Å². The van der Waals surface area contributed by atoms with Crippen LogP contribution in [0.3, 0.4) is 0 Å². The molecule has 19 heavy (non-hydrogen) atoms. The van der Waals surface area contributed by atoms with Crippen LogP contribution in [0.15, 0.2) is 12.1 Å². The van der Waals surface area contributed by atoms with Gasteiger partial charge in [-0.3, -0.25) is 4.79 Å². The Labute approximate surface area is 115 Å². The Kier molecular flexibility index (Phi) is 4.46. The van der Waals surface area contributed by atoms with Crippen molar-refractivity contribution in [2.75, 3.05) is 13.2 Å². The molecular formula is C16H23NO2. The number of nitrogens with one attached hydrogen (secondary N) is 1. The van der Waals surface area contributed by atoms with E-state index < -0.39 is 0 Å². The van der Waals surface area contributed by atoms with Gasteiger partial charge in [0.2, 0.25) is 5.91 Å². The molecule has 1 aliphatic carbocycles. The maximum Gasteiger partial charge on any atom is 0.223 e. The summed E-state index contributed by atoms with van der Waals surface area (Å²) >= 11 is 0. The molecule has 104 valence electrons. The molecule has 3 heteroatoms. The minimum Gasteiger partial charge on any atom is -0.491 e. The van der Waals surface area contributed by atoms with Gasteiger partial charge in [0.15, 0.2) is 0 Å². The Hall–Kier alpha value is -1.51. The minimum atomic E-state index is 0.187. The van der Waals surface area contributed by atoms with Crippen molar-refractivity contribution in [2.45, 2.75) is 40.0 Å². The average molecular weight is 261 g/mol. The van der Waals surface area contributed by atoms with Gasteiger partial charge in [-0.25, -0.2) is 0 Å². The molecular weight excluding hydrogens is 238 g/mol. The average Bonchev–Trinajstić information content (AvgIpc) is 2.24. The fourth-order valence-corrected chi connectivity index (χ4v) is 2.54. The number of amides is 1. The van der Waals surface area contributed by atoms with Gasteiger partial charge in [0.05, 0.1) is 6.54 Å². The van der Waals surface area contributed by atoms with Crippen LogP contribution in [0.5, 0.6) is 5.75 Å². The molecule has 0 atom stereocenters. The third kappa shape index (κ3) is 3.49. The predicted molar refractivity (Wildman–Crippen MR) is 76.5 cm³/mol. The minimum absolute atomic E-state index is 0.187. The highest BCUT2D eigenvalue weighted by molar-refractivity contribution is 5.79. The lowest BCUT2D eigenvalue weighted by Crippen LogP contribution is -2.36. The van der Waals surface area contributed by atoms with E-state index in [0.717, 1.165) is 29.7 Å². The van der Waals surface area contributed by atoms with E-state index in [4.69, 9.17) is 4.74 Å². The van der Waals surface area contributed by atoms with Crippen molar-refractivity contribution in [3.05, 3.63) is 28.8 Å². The van der Waals surface area contributed by atoms with Crippen LogP contribution in [0.2, 0.25) is 0 Å². The second kappa shape index (κ2) is 6.09. The monoisotopic (exact) mass is 261 g/mol. The van der Waals surface area contributed by atoms with Crippen LogP contribution in [-0.2, 0) is 4.79 Å². The second-order valence-electron chi connectivity index (χ2n) is 5.50. The van der Waals surface area contributed by atoms with Gasteiger partial charge < -0.3 is 10.1 Å². The molecule has 0 aliphatic heterocycles. The standard InChI is InChI=1S/C16H23NO2/c1-11-9-12(2)15(13(3)10-11)19-8-7-17-16(18)14-5-4-6-14/h9-10,14H,4-8H2,1-3H3,(H,17,18). The number of carbonyl (C=O) groups is 1. The molecule has 1 N–H and O–H groups in total. The zero-order chi connectivity index (χ0) is 13.8. The lowest BCUT2D eigenvalue weighted by molar-refractivity contribution is -0.127. The number of benzene rings is 1. The van der Waals surface area contributed by atoms with Crippen LogP contribution in [-0.4, -0.2) is 19.1 Å². The van der Waals surface area contributed by atoms with E-state index in [1.165, 1.54) is 12.0 Å². The molecule has 0 radical (unpaired) electrons. The summed E-state index contributed by atoms with van der Waals surface area (Å²) < 4.78 is 5.79. The Morgan fingerprint density at radius 1 is 1.26 bits per heavy atom. The molecule has 1 amide bonds. The van der Waals surface area contributed by atoms with Crippen LogP contribution < -0.4 is 10.1 Å². The number of hydrogen-bond acceptors (Lipinski definition) is 2. The largest absolute Gasteiger partial charge is 0.491 e. The van der Waals surface area contributed by atoms with Crippen LogP contribution >= 0.6 is 0 Å². The van der Waals surface area contributed by atoms with E-state index in [-0.39, 0.29) is 11.8 Å². The summed E-state index contributed by atoms with van der Waals surface area (Å²) in [5.41, 5.74) is 3.56. The fraction of sp³-hybridized carbons (Fsp3) is 0.562. The number of carbonyl (C=O) groups excluding carboxylic acids is 1. The second-order valence-corrected chi connectivity index (χ2v) is 5.50. The number of hydrogen-bond donors (Lipinski definition) is 1. The maximum absolute atomic E-state index is 11.6. The van der Waals surface area contributed by atoms with E-state index in [9.17, 15) is 4.79 Å². The first-order chi connectivity index (χ1) is 9.08. The van der Waals surface area contributed by atoms with Gasteiger partial charge in [-0.2, -0.15) is 0 Å². The van der Waals surface area contributed by atoms with Crippen LogP contribution in [0, 0.1) is 26.7 Å². The number of rotatable bonds is 5. The highest BCUT2D eigenvalue weighted by Crippen LogP contribution is 2.26. The summed E-state index contributed by atoms with van der Waals surface area (Å²) in [5, 5.41) is 2.94. The maximum atomic E-state index is 11.6. The van der Waals surface area contributed by atoms with Gasteiger partial charge in [0, 0.05) is 5.92 Å². The smallest absolute Gasteiger partial charge is 0.223 e. The lowest BCUT2D eigenvalue weighted by atomic mass is 9.85. The van der Waals surface area contributed by atoms with Crippen molar-refractivity contribution in [1.82, 2.24) is 5.32 Å². The summed E-state index contributed by atoms with van der Waals surface area (Å²) in [6.07, 6.45) is 3.28. The topological polar surface area (TPSA) is 38.3 Å². The van der Waals surface area contributed by atoms with Crippen molar-refractivity contribution >= 4 is 5.91 Å². The van der Waals surface area contributed by atoms with E-state index in [1.54, 1.807) is 0 Å². The molecule has 0 bridgehead atoms. The Morgan fingerprint density at radius 3 is 2.42 bits per heavy atom. The van der Waals surface area contributed by atoms with Crippen LogP contribution in [0.25, 0.3) is 0 Å². The molecule has 1 saturated carbocycles. The molecule has 1 aromatic rings. The van der Waals surface area contributed by atoms with E-state index in [1.807, 2.05) is 0 Å². The first kappa shape index (κ1) is 13.9. The molecule has 0 saturated heterocycles. The first-order valence-electron chi connectivity index (χ1n) is 7.06. The van der Waals surface area contributed by atoms with Crippen LogP contribution in [0.1, 0.15) is 36.0 Å². The van der Waals surface area contributed by atoms with E-state index in [2.05, 4.69) is 38.2 Å². The Balaban J connectivity index is 1.78. The third-order valence-electron chi connectivity index (χ3n) is 3.73. The van der Waals surface area contributed by atoms with Gasteiger partial charge in [-0.15, -0.1) is 0 Å². The first-order valence-corrected chi connectivity index (χ1v) is 7.06. The molecule has 1 fully saturated rings. The van der Waals surface area contributed by atoms with Crippen molar-refractivity contribution in [1.29, 1.82) is 0 Å². The van der Waals surface area contributed by atoms with Crippen LogP contribution in [0.4, 0.5) is 0 Å². The summed E-state index contributed by atoms with van der Waals surface area (Å²) in [6, 6.07) is 4.24.